The molecule has 28 heavy (non-hydrogen) atoms. The Morgan fingerprint density at radius 1 is 1.11 bits per heavy atom. The van der Waals surface area contributed by atoms with Gasteiger partial charge in [-0.1, -0.05) is 18.6 Å². The third-order valence-electron chi connectivity index (χ3n) is 5.07. The predicted molar refractivity (Wildman–Crippen MR) is 116 cm³/mol. The summed E-state index contributed by atoms with van der Waals surface area (Å²) in [6, 6.07) is 5.79. The zero-order valence-electron chi connectivity index (χ0n) is 16.1. The Balaban J connectivity index is 0.000000192. The molecular weight excluding hydrogens is 418 g/mol. The number of anilines is 1. The number of aromatic nitrogens is 2. The summed E-state index contributed by atoms with van der Waals surface area (Å²) in [5.74, 6) is -0.964. The van der Waals surface area contributed by atoms with Gasteiger partial charge in [-0.05, 0) is 78.2 Å². The van der Waals surface area contributed by atoms with Gasteiger partial charge in [0.25, 0.3) is 0 Å². The lowest BCUT2D eigenvalue weighted by Crippen LogP contribution is -2.04. The molecule has 2 heterocycles. The van der Waals surface area contributed by atoms with Gasteiger partial charge in [0, 0.05) is 33.6 Å². The van der Waals surface area contributed by atoms with Crippen LogP contribution in [0.3, 0.4) is 0 Å². The zero-order valence-corrected chi connectivity index (χ0v) is 17.7. The summed E-state index contributed by atoms with van der Waals surface area (Å²) in [5.41, 5.74) is 13.7. The minimum Gasteiger partial charge on any atom is -0.478 e. The van der Waals surface area contributed by atoms with Crippen LogP contribution >= 0.6 is 15.9 Å². The maximum absolute atomic E-state index is 10.3. The van der Waals surface area contributed by atoms with E-state index in [0.717, 1.165) is 24.0 Å². The molecule has 1 aliphatic rings. The second-order valence-corrected chi connectivity index (χ2v) is 8.05. The van der Waals surface area contributed by atoms with Gasteiger partial charge in [0.1, 0.15) is 0 Å². The van der Waals surface area contributed by atoms with Crippen LogP contribution in [0.5, 0.6) is 0 Å². The molecule has 0 saturated heterocycles. The third-order valence-corrected chi connectivity index (χ3v) is 5.50. The van der Waals surface area contributed by atoms with Gasteiger partial charge >= 0.3 is 5.97 Å². The Kier molecular flexibility index (Phi) is 6.29. The number of halogens is 1. The molecule has 4 rings (SSSR count). The van der Waals surface area contributed by atoms with Gasteiger partial charge in [-0.25, -0.2) is 4.79 Å². The highest BCUT2D eigenvalue weighted by molar-refractivity contribution is 9.10. The Morgan fingerprint density at radius 3 is 2.50 bits per heavy atom. The number of nitrogens with zero attached hydrogens (tertiary/aromatic N) is 2. The van der Waals surface area contributed by atoms with Gasteiger partial charge in [-0.2, -0.15) is 0 Å². The lowest BCUT2D eigenvalue weighted by Gasteiger charge is -2.15. The van der Waals surface area contributed by atoms with Gasteiger partial charge in [0.05, 0.1) is 11.1 Å². The van der Waals surface area contributed by atoms with E-state index in [2.05, 4.69) is 46.9 Å². The van der Waals surface area contributed by atoms with Crippen LogP contribution in [0.1, 0.15) is 52.0 Å². The fourth-order valence-electron chi connectivity index (χ4n) is 3.57. The molecule has 3 N–H and O–H groups in total. The van der Waals surface area contributed by atoms with Gasteiger partial charge in [-0.3, -0.25) is 9.97 Å². The van der Waals surface area contributed by atoms with Crippen LogP contribution in [-0.2, 0) is 12.8 Å². The molecule has 2 aromatic heterocycles. The number of hydrogen-bond donors (Lipinski definition) is 2. The minimum atomic E-state index is -0.964. The topological polar surface area (TPSA) is 89.1 Å². The maximum Gasteiger partial charge on any atom is 0.337 e. The monoisotopic (exact) mass is 441 g/mol. The molecule has 3 aromatic rings. The molecule has 5 nitrogen and oxygen atoms in total. The number of aryl methyl sites for hydroxylation is 3. The van der Waals surface area contributed by atoms with Gasteiger partial charge in [-0.15, -0.1) is 0 Å². The first-order valence-corrected chi connectivity index (χ1v) is 10.2. The fourth-order valence-corrected chi connectivity index (χ4v) is 3.94. The van der Waals surface area contributed by atoms with Crippen molar-refractivity contribution >= 4 is 38.5 Å². The Labute approximate surface area is 173 Å². The van der Waals surface area contributed by atoms with Gasteiger partial charge in [0.2, 0.25) is 0 Å². The van der Waals surface area contributed by atoms with Crippen molar-refractivity contribution in [3.63, 3.8) is 0 Å². The van der Waals surface area contributed by atoms with E-state index >= 15 is 0 Å². The number of carboxylic acid groups (broad SMARTS) is 1. The highest BCUT2D eigenvalue weighted by atomic mass is 79.9. The molecule has 0 fully saturated rings. The van der Waals surface area contributed by atoms with E-state index in [-0.39, 0.29) is 5.56 Å². The highest BCUT2D eigenvalue weighted by Crippen LogP contribution is 2.33. The van der Waals surface area contributed by atoms with Crippen molar-refractivity contribution in [1.29, 1.82) is 0 Å². The number of nitrogen functional groups attached to an aromatic ring is 1. The molecule has 0 radical (unpaired) electrons. The maximum atomic E-state index is 10.3. The molecule has 1 aliphatic carbocycles. The molecule has 0 unspecified atom stereocenters. The average molecular weight is 442 g/mol. The van der Waals surface area contributed by atoms with Crippen LogP contribution < -0.4 is 5.73 Å². The SMILES string of the molecule is Cc1ccc(C)c2c(N)c3c(nc12)CCCCC3.O=C(O)c1cncc(Br)c1. The first-order chi connectivity index (χ1) is 13.4. The number of rotatable bonds is 1. The van der Waals surface area contributed by atoms with Crippen molar-refractivity contribution < 1.29 is 9.90 Å². The van der Waals surface area contributed by atoms with Crippen LogP contribution in [0.25, 0.3) is 10.9 Å². The normalized spacial score (nSPS) is 13.2. The molecular formula is C22H24BrN3O2. The molecule has 146 valence electrons. The van der Waals surface area contributed by atoms with Gasteiger partial charge < -0.3 is 10.8 Å². The number of benzene rings is 1. The lowest BCUT2D eigenvalue weighted by molar-refractivity contribution is 0.0696. The summed E-state index contributed by atoms with van der Waals surface area (Å²) in [7, 11) is 0. The van der Waals surface area contributed by atoms with Crippen molar-refractivity contribution in [2.75, 3.05) is 5.73 Å². The average Bonchev–Trinajstić information content (AvgIpc) is 2.91. The number of pyridine rings is 2. The summed E-state index contributed by atoms with van der Waals surface area (Å²) in [6.07, 6.45) is 8.80. The molecule has 0 spiro atoms. The number of fused-ring (bicyclic) bond motifs is 2. The van der Waals surface area contributed by atoms with E-state index in [1.54, 1.807) is 0 Å². The molecule has 0 atom stereocenters. The largest absolute Gasteiger partial charge is 0.478 e. The predicted octanol–water partition coefficient (Wildman–Crippen LogP) is 5.25. The Hall–Kier alpha value is -2.47. The van der Waals surface area contributed by atoms with Crippen LogP contribution in [0.4, 0.5) is 5.69 Å². The van der Waals surface area contributed by atoms with Gasteiger partial charge in [0.15, 0.2) is 0 Å². The molecule has 0 bridgehead atoms. The minimum absolute atomic E-state index is 0.189. The first-order valence-electron chi connectivity index (χ1n) is 9.39. The lowest BCUT2D eigenvalue weighted by atomic mass is 9.97. The Morgan fingerprint density at radius 2 is 1.82 bits per heavy atom. The standard InChI is InChI=1S/C16H20N2.C6H4BrNO2/c1-10-8-9-11(2)16-14(10)15(17)12-6-4-3-5-7-13(12)18-16;7-5-1-4(6(9)10)2-8-3-5/h8-9H,3-7H2,1-2H3,(H2,17,18);1-3H,(H,9,10). The van der Waals surface area contributed by atoms with Crippen molar-refractivity contribution in [1.82, 2.24) is 9.97 Å². The Bertz CT molecular complexity index is 1030. The quantitative estimate of drug-likeness (QED) is 0.503. The van der Waals surface area contributed by atoms with Crippen molar-refractivity contribution in [3.8, 4) is 0 Å². The molecule has 1 aromatic carbocycles. The summed E-state index contributed by atoms with van der Waals surface area (Å²) < 4.78 is 0.674. The van der Waals surface area contributed by atoms with E-state index in [1.807, 2.05) is 0 Å². The second-order valence-electron chi connectivity index (χ2n) is 7.13. The number of carboxylic acids is 1. The van der Waals surface area contributed by atoms with Crippen LogP contribution in [-0.4, -0.2) is 21.0 Å². The zero-order chi connectivity index (χ0) is 20.3. The first kappa shape index (κ1) is 20.3. The third kappa shape index (κ3) is 4.33. The highest BCUT2D eigenvalue weighted by Gasteiger charge is 2.17. The summed E-state index contributed by atoms with van der Waals surface area (Å²) in [4.78, 5) is 18.9. The number of nitrogens with two attached hydrogens (primary N) is 1. The molecule has 6 heteroatoms. The summed E-state index contributed by atoms with van der Waals surface area (Å²) in [5, 5.41) is 9.62. The van der Waals surface area contributed by atoms with E-state index in [0.29, 0.717) is 4.47 Å². The van der Waals surface area contributed by atoms with E-state index < -0.39 is 5.97 Å². The van der Waals surface area contributed by atoms with E-state index in [4.69, 9.17) is 15.8 Å². The van der Waals surface area contributed by atoms with E-state index in [9.17, 15) is 4.79 Å². The fraction of sp³-hybridized carbons (Fsp3) is 0.318. The molecule has 0 aliphatic heterocycles. The molecule has 0 amide bonds. The molecule has 0 saturated carbocycles. The van der Waals surface area contributed by atoms with Crippen molar-refractivity contribution in [2.24, 2.45) is 0 Å². The van der Waals surface area contributed by atoms with Crippen molar-refractivity contribution in [2.45, 2.75) is 46.0 Å². The number of carbonyl (C=O) groups is 1. The van der Waals surface area contributed by atoms with Crippen LogP contribution in [0, 0.1) is 13.8 Å². The summed E-state index contributed by atoms with van der Waals surface area (Å²) >= 11 is 3.10. The van der Waals surface area contributed by atoms with Crippen molar-refractivity contribution in [3.05, 3.63) is 63.0 Å². The second kappa shape index (κ2) is 8.69. The van der Waals surface area contributed by atoms with E-state index in [1.165, 1.54) is 65.5 Å². The van der Waals surface area contributed by atoms with Crippen LogP contribution in [0.15, 0.2) is 35.1 Å². The smallest absolute Gasteiger partial charge is 0.337 e. The summed E-state index contributed by atoms with van der Waals surface area (Å²) in [6.45, 7) is 4.25. The van der Waals surface area contributed by atoms with Crippen LogP contribution in [0.2, 0.25) is 0 Å². The number of hydrogen-bond acceptors (Lipinski definition) is 4. The number of aromatic carboxylic acids is 1.